The average Bonchev–Trinajstić information content (AvgIpc) is 2.22. The van der Waals surface area contributed by atoms with Crippen molar-refractivity contribution in [2.75, 3.05) is 13.7 Å². The van der Waals surface area contributed by atoms with Crippen molar-refractivity contribution in [3.05, 3.63) is 0 Å². The second-order valence-electron chi connectivity index (χ2n) is 3.64. The van der Waals surface area contributed by atoms with Crippen LogP contribution in [0.3, 0.4) is 0 Å². The Balaban J connectivity index is 4.39. The van der Waals surface area contributed by atoms with E-state index in [0.29, 0.717) is 6.42 Å². The van der Waals surface area contributed by atoms with Gasteiger partial charge in [-0.2, -0.15) is 0 Å². The van der Waals surface area contributed by atoms with Gasteiger partial charge in [-0.1, -0.05) is 6.92 Å². The second kappa shape index (κ2) is 6.00. The third-order valence-corrected chi connectivity index (χ3v) is 2.69. The zero-order valence-electron chi connectivity index (χ0n) is 9.80. The van der Waals surface area contributed by atoms with E-state index in [9.17, 15) is 14.2 Å². The van der Waals surface area contributed by atoms with Gasteiger partial charge in [0.2, 0.25) is 0 Å². The maximum Gasteiger partial charge on any atom is 0.432 e. The molecule has 1 unspecified atom stereocenters. The van der Waals surface area contributed by atoms with Crippen molar-refractivity contribution >= 4 is 19.8 Å². The van der Waals surface area contributed by atoms with Crippen LogP contribution in [0.1, 0.15) is 20.3 Å². The van der Waals surface area contributed by atoms with Gasteiger partial charge in [0.25, 0.3) is 0 Å². The number of amides is 1. The molecule has 9 heteroatoms. The molecule has 0 aliphatic carbocycles. The number of nitrogens with one attached hydrogen (secondary N) is 1. The minimum absolute atomic E-state index is 0.331. The summed E-state index contributed by atoms with van der Waals surface area (Å²) >= 11 is 0. The van der Waals surface area contributed by atoms with Crippen LogP contribution in [0, 0.1) is 5.41 Å². The van der Waals surface area contributed by atoms with E-state index in [1.807, 2.05) is 0 Å². The van der Waals surface area contributed by atoms with Crippen LogP contribution in [0.2, 0.25) is 0 Å². The largest absolute Gasteiger partial charge is 0.469 e. The van der Waals surface area contributed by atoms with E-state index < -0.39 is 25.2 Å². The first-order valence-electron chi connectivity index (χ1n) is 4.73. The molecule has 0 heterocycles. The molecule has 0 radical (unpaired) electrons. The van der Waals surface area contributed by atoms with Crippen molar-refractivity contribution in [3.63, 3.8) is 0 Å². The minimum atomic E-state index is -4.68. The molecular formula is C8H16NO7P. The Labute approximate surface area is 98.5 Å². The Morgan fingerprint density at radius 3 is 2.29 bits per heavy atom. The Bertz CT molecular complexity index is 339. The van der Waals surface area contributed by atoms with Gasteiger partial charge in [-0.05, 0) is 13.3 Å². The molecule has 100 valence electrons. The monoisotopic (exact) mass is 269 g/mol. The third-order valence-electron chi connectivity index (χ3n) is 2.22. The van der Waals surface area contributed by atoms with Crippen molar-refractivity contribution in [1.82, 2.24) is 5.09 Å². The summed E-state index contributed by atoms with van der Waals surface area (Å²) in [6.45, 7) is 2.88. The fourth-order valence-corrected chi connectivity index (χ4v) is 1.23. The Morgan fingerprint density at radius 2 is 1.94 bits per heavy atom. The van der Waals surface area contributed by atoms with Gasteiger partial charge < -0.3 is 19.3 Å². The topological polar surface area (TPSA) is 122 Å². The molecule has 0 aromatic heterocycles. The molecule has 3 N–H and O–H groups in total. The van der Waals surface area contributed by atoms with E-state index in [0.717, 1.165) is 0 Å². The number of esters is 1. The van der Waals surface area contributed by atoms with Gasteiger partial charge in [-0.3, -0.25) is 4.79 Å². The van der Waals surface area contributed by atoms with Gasteiger partial charge in [-0.25, -0.2) is 14.4 Å². The van der Waals surface area contributed by atoms with Gasteiger partial charge >= 0.3 is 19.8 Å². The van der Waals surface area contributed by atoms with Gasteiger partial charge in [-0.15, -0.1) is 0 Å². The lowest BCUT2D eigenvalue weighted by Gasteiger charge is -2.24. The quantitative estimate of drug-likeness (QED) is 0.487. The lowest BCUT2D eigenvalue weighted by molar-refractivity contribution is -0.154. The summed E-state index contributed by atoms with van der Waals surface area (Å²) in [5.74, 6) is -0.566. The van der Waals surface area contributed by atoms with Gasteiger partial charge in [0.05, 0.1) is 12.5 Å². The van der Waals surface area contributed by atoms with Crippen LogP contribution in [-0.4, -0.2) is 35.6 Å². The molecule has 8 nitrogen and oxygen atoms in total. The number of ether oxygens (including phenoxy) is 2. The molecule has 0 fully saturated rings. The van der Waals surface area contributed by atoms with Crippen LogP contribution in [0.4, 0.5) is 4.79 Å². The SMILES string of the molecule is CCC(C)(COC(=O)NP(=O)(O)O)C(=O)OC. The summed E-state index contributed by atoms with van der Waals surface area (Å²) in [5.41, 5.74) is -1.04. The summed E-state index contributed by atoms with van der Waals surface area (Å²) in [6.07, 6.45) is -0.940. The molecule has 0 rings (SSSR count). The molecule has 1 atom stereocenters. The predicted octanol–water partition coefficient (Wildman–Crippen LogP) is 0.395. The van der Waals surface area contributed by atoms with Crippen molar-refractivity contribution in [3.8, 4) is 0 Å². The number of hydrogen-bond acceptors (Lipinski definition) is 5. The highest BCUT2D eigenvalue weighted by molar-refractivity contribution is 7.50. The summed E-state index contributed by atoms with van der Waals surface area (Å²) in [6, 6.07) is 0. The van der Waals surface area contributed by atoms with E-state index in [1.165, 1.54) is 19.1 Å². The molecule has 0 aliphatic heterocycles. The maximum absolute atomic E-state index is 11.4. The van der Waals surface area contributed by atoms with Gasteiger partial charge in [0, 0.05) is 0 Å². The van der Waals surface area contributed by atoms with Crippen molar-refractivity contribution in [2.24, 2.45) is 5.41 Å². The predicted molar refractivity (Wildman–Crippen MR) is 56.9 cm³/mol. The first-order valence-corrected chi connectivity index (χ1v) is 6.35. The zero-order chi connectivity index (χ0) is 13.7. The first-order chi connectivity index (χ1) is 7.64. The molecule has 0 aromatic rings. The highest BCUT2D eigenvalue weighted by Gasteiger charge is 2.34. The smallest absolute Gasteiger partial charge is 0.432 e. The normalized spacial score (nSPS) is 14.6. The van der Waals surface area contributed by atoms with E-state index >= 15 is 0 Å². The number of rotatable bonds is 5. The van der Waals surface area contributed by atoms with Gasteiger partial charge in [0.1, 0.15) is 6.61 Å². The molecule has 1 amide bonds. The Hall–Kier alpha value is -1.11. The molecule has 17 heavy (non-hydrogen) atoms. The van der Waals surface area contributed by atoms with Crippen LogP contribution < -0.4 is 5.09 Å². The zero-order valence-corrected chi connectivity index (χ0v) is 10.7. The standard InChI is InChI=1S/C8H16NO7P/c1-4-8(2,6(10)15-3)5-16-7(11)9-17(12,13)14/h4-5H2,1-3H3,(H3,9,11,12,13,14). The third kappa shape index (κ3) is 5.67. The van der Waals surface area contributed by atoms with Crippen LogP contribution >= 0.6 is 7.75 Å². The molecular weight excluding hydrogens is 253 g/mol. The van der Waals surface area contributed by atoms with Crippen LogP contribution in [0.25, 0.3) is 0 Å². The first kappa shape index (κ1) is 15.9. The number of carbonyl (C=O) groups is 2. The highest BCUT2D eigenvalue weighted by atomic mass is 31.2. The average molecular weight is 269 g/mol. The molecule has 0 spiro atoms. The Morgan fingerprint density at radius 1 is 1.41 bits per heavy atom. The van der Waals surface area contributed by atoms with E-state index in [-0.39, 0.29) is 6.61 Å². The van der Waals surface area contributed by atoms with Crippen molar-refractivity contribution in [1.29, 1.82) is 0 Å². The van der Waals surface area contributed by atoms with Crippen molar-refractivity contribution in [2.45, 2.75) is 20.3 Å². The van der Waals surface area contributed by atoms with Crippen molar-refractivity contribution < 1.29 is 33.4 Å². The van der Waals surface area contributed by atoms with Crippen LogP contribution in [-0.2, 0) is 18.8 Å². The van der Waals surface area contributed by atoms with Crippen LogP contribution in [0.5, 0.6) is 0 Å². The fourth-order valence-electron chi connectivity index (χ4n) is 0.928. The van der Waals surface area contributed by atoms with E-state index in [4.69, 9.17) is 9.79 Å². The summed E-state index contributed by atoms with van der Waals surface area (Å²) in [5, 5.41) is 1.33. The summed E-state index contributed by atoms with van der Waals surface area (Å²) in [4.78, 5) is 39.2. The lowest BCUT2D eigenvalue weighted by atomic mass is 9.89. The lowest BCUT2D eigenvalue weighted by Crippen LogP contribution is -2.36. The molecule has 0 aliphatic rings. The summed E-state index contributed by atoms with van der Waals surface area (Å²) < 4.78 is 19.5. The molecule has 0 saturated heterocycles. The molecule has 0 bridgehead atoms. The number of methoxy groups -OCH3 is 1. The second-order valence-corrected chi connectivity index (χ2v) is 4.95. The fraction of sp³-hybridized carbons (Fsp3) is 0.750. The highest BCUT2D eigenvalue weighted by Crippen LogP contribution is 2.29. The maximum atomic E-state index is 11.4. The van der Waals surface area contributed by atoms with Gasteiger partial charge in [0.15, 0.2) is 0 Å². The summed E-state index contributed by atoms with van der Waals surface area (Å²) in [7, 11) is -3.48. The van der Waals surface area contributed by atoms with E-state index in [2.05, 4.69) is 9.47 Å². The van der Waals surface area contributed by atoms with Crippen LogP contribution in [0.15, 0.2) is 0 Å². The number of hydrogen-bond donors (Lipinski definition) is 3. The minimum Gasteiger partial charge on any atom is -0.469 e. The number of carbonyl (C=O) groups excluding carboxylic acids is 2. The molecule has 0 saturated carbocycles. The van der Waals surface area contributed by atoms with E-state index in [1.54, 1.807) is 6.92 Å². The Kier molecular flexibility index (Phi) is 5.60. The molecule has 0 aromatic carbocycles.